The molecule has 27 heavy (non-hydrogen) atoms. The summed E-state index contributed by atoms with van der Waals surface area (Å²) in [4.78, 5) is 0. The van der Waals surface area contributed by atoms with Crippen LogP contribution in [0.4, 0.5) is 0 Å². The lowest BCUT2D eigenvalue weighted by atomic mass is 10.1. The maximum Gasteiger partial charge on any atom is 0.161 e. The third-order valence-corrected chi connectivity index (χ3v) is 4.50. The van der Waals surface area contributed by atoms with E-state index in [1.807, 2.05) is 30.3 Å². The Balaban J connectivity index is 1.51. The van der Waals surface area contributed by atoms with Crippen LogP contribution in [-0.2, 0) is 19.5 Å². The second kappa shape index (κ2) is 9.79. The highest BCUT2D eigenvalue weighted by Crippen LogP contribution is 2.28. The summed E-state index contributed by atoms with van der Waals surface area (Å²) >= 11 is 0. The molecule has 0 amide bonds. The fraction of sp³-hybridized carbons (Fsp3) is 0.250. The van der Waals surface area contributed by atoms with E-state index >= 15 is 0 Å². The van der Waals surface area contributed by atoms with Crippen molar-refractivity contribution in [3.8, 4) is 11.5 Å². The van der Waals surface area contributed by atoms with Gasteiger partial charge in [-0.2, -0.15) is 0 Å². The summed E-state index contributed by atoms with van der Waals surface area (Å²) in [5.41, 5.74) is 5.02. The van der Waals surface area contributed by atoms with Gasteiger partial charge in [-0.25, -0.2) is 0 Å². The van der Waals surface area contributed by atoms with Crippen molar-refractivity contribution in [2.45, 2.75) is 26.4 Å². The van der Waals surface area contributed by atoms with Crippen molar-refractivity contribution >= 4 is 0 Å². The predicted molar refractivity (Wildman–Crippen MR) is 110 cm³/mol. The molecule has 0 unspecified atom stereocenters. The zero-order valence-corrected chi connectivity index (χ0v) is 16.1. The van der Waals surface area contributed by atoms with E-state index in [1.165, 1.54) is 22.3 Å². The molecule has 1 N–H and O–H groups in total. The standard InChI is InChI=1S/C24H27NO2/c1-19-8-10-21(11-9-19)17-25-18-22-12-13-23(24(16-22)26-2)27-15-14-20-6-4-3-5-7-20/h3-13,16,25H,14-15,17-18H2,1-2H3. The second-order valence-electron chi connectivity index (χ2n) is 6.66. The molecule has 3 heteroatoms. The molecule has 3 aromatic carbocycles. The highest BCUT2D eigenvalue weighted by Gasteiger charge is 2.06. The fourth-order valence-electron chi connectivity index (χ4n) is 2.92. The van der Waals surface area contributed by atoms with Gasteiger partial charge in [-0.1, -0.05) is 66.2 Å². The Hall–Kier alpha value is -2.78. The van der Waals surface area contributed by atoms with Gasteiger partial charge < -0.3 is 14.8 Å². The molecule has 0 bridgehead atoms. The minimum absolute atomic E-state index is 0.630. The van der Waals surface area contributed by atoms with E-state index in [9.17, 15) is 0 Å². The van der Waals surface area contributed by atoms with E-state index in [4.69, 9.17) is 9.47 Å². The number of nitrogens with one attached hydrogen (secondary N) is 1. The summed E-state index contributed by atoms with van der Waals surface area (Å²) in [7, 11) is 1.68. The molecule has 0 aliphatic heterocycles. The van der Waals surface area contributed by atoms with Gasteiger partial charge in [0.25, 0.3) is 0 Å². The molecule has 0 heterocycles. The van der Waals surface area contributed by atoms with Crippen LogP contribution in [0.2, 0.25) is 0 Å². The first-order valence-electron chi connectivity index (χ1n) is 9.34. The fourth-order valence-corrected chi connectivity index (χ4v) is 2.92. The average molecular weight is 361 g/mol. The van der Waals surface area contributed by atoms with Gasteiger partial charge in [-0.15, -0.1) is 0 Å². The lowest BCUT2D eigenvalue weighted by Crippen LogP contribution is -2.12. The van der Waals surface area contributed by atoms with Gasteiger partial charge in [-0.05, 0) is 35.7 Å². The van der Waals surface area contributed by atoms with Crippen LogP contribution >= 0.6 is 0 Å². The Morgan fingerprint density at radius 2 is 1.44 bits per heavy atom. The second-order valence-corrected chi connectivity index (χ2v) is 6.66. The largest absolute Gasteiger partial charge is 0.493 e. The molecule has 3 nitrogen and oxygen atoms in total. The monoisotopic (exact) mass is 361 g/mol. The maximum atomic E-state index is 5.93. The zero-order valence-electron chi connectivity index (χ0n) is 16.1. The lowest BCUT2D eigenvalue weighted by molar-refractivity contribution is 0.297. The summed E-state index contributed by atoms with van der Waals surface area (Å²) in [5, 5.41) is 3.48. The summed E-state index contributed by atoms with van der Waals surface area (Å²) in [6, 6.07) is 25.1. The quantitative estimate of drug-likeness (QED) is 0.587. The minimum atomic E-state index is 0.630. The van der Waals surface area contributed by atoms with Crippen molar-refractivity contribution in [1.29, 1.82) is 0 Å². The molecule has 0 fully saturated rings. The smallest absolute Gasteiger partial charge is 0.161 e. The molecule has 0 saturated heterocycles. The predicted octanol–water partition coefficient (Wildman–Crippen LogP) is 4.91. The van der Waals surface area contributed by atoms with Gasteiger partial charge in [0.2, 0.25) is 0 Å². The molecule has 0 aliphatic rings. The van der Waals surface area contributed by atoms with Gasteiger partial charge in [0.15, 0.2) is 11.5 Å². The first-order valence-corrected chi connectivity index (χ1v) is 9.34. The van der Waals surface area contributed by atoms with Crippen molar-refractivity contribution in [3.05, 3.63) is 95.1 Å². The van der Waals surface area contributed by atoms with Gasteiger partial charge in [-0.3, -0.25) is 0 Å². The van der Waals surface area contributed by atoms with Crippen LogP contribution < -0.4 is 14.8 Å². The van der Waals surface area contributed by atoms with Crippen molar-refractivity contribution in [3.63, 3.8) is 0 Å². The number of ether oxygens (including phenoxy) is 2. The Labute approximate surface area is 162 Å². The summed E-state index contributed by atoms with van der Waals surface area (Å²) in [6.07, 6.45) is 0.879. The number of benzene rings is 3. The van der Waals surface area contributed by atoms with Crippen LogP contribution in [0.5, 0.6) is 11.5 Å². The van der Waals surface area contributed by atoms with Gasteiger partial charge in [0, 0.05) is 19.5 Å². The Bertz CT molecular complexity index is 829. The zero-order chi connectivity index (χ0) is 18.9. The van der Waals surface area contributed by atoms with Crippen molar-refractivity contribution in [1.82, 2.24) is 5.32 Å². The number of hydrogen-bond acceptors (Lipinski definition) is 3. The number of rotatable bonds is 9. The molecule has 3 rings (SSSR count). The van der Waals surface area contributed by atoms with E-state index in [1.54, 1.807) is 7.11 Å². The molecule has 0 aliphatic carbocycles. The number of aryl methyl sites for hydroxylation is 1. The molecule has 140 valence electrons. The van der Waals surface area contributed by atoms with E-state index in [0.717, 1.165) is 31.0 Å². The van der Waals surface area contributed by atoms with Crippen LogP contribution in [0.1, 0.15) is 22.3 Å². The molecule has 3 aromatic rings. The van der Waals surface area contributed by atoms with Crippen LogP contribution in [0.3, 0.4) is 0 Å². The van der Waals surface area contributed by atoms with Gasteiger partial charge >= 0.3 is 0 Å². The molecule has 0 saturated carbocycles. The van der Waals surface area contributed by atoms with Gasteiger partial charge in [0.1, 0.15) is 0 Å². The molecule has 0 aromatic heterocycles. The van der Waals surface area contributed by atoms with Crippen molar-refractivity contribution in [2.24, 2.45) is 0 Å². The topological polar surface area (TPSA) is 30.5 Å². The molecule has 0 radical (unpaired) electrons. The lowest BCUT2D eigenvalue weighted by Gasteiger charge is -2.13. The van der Waals surface area contributed by atoms with Crippen LogP contribution in [-0.4, -0.2) is 13.7 Å². The average Bonchev–Trinajstić information content (AvgIpc) is 2.71. The third-order valence-electron chi connectivity index (χ3n) is 4.50. The SMILES string of the molecule is COc1cc(CNCc2ccc(C)cc2)ccc1OCCc1ccccc1. The van der Waals surface area contributed by atoms with Crippen LogP contribution in [0.25, 0.3) is 0 Å². The third kappa shape index (κ3) is 5.87. The van der Waals surface area contributed by atoms with E-state index in [2.05, 4.69) is 54.7 Å². The Morgan fingerprint density at radius 1 is 0.741 bits per heavy atom. The van der Waals surface area contributed by atoms with Crippen LogP contribution in [0.15, 0.2) is 72.8 Å². The Morgan fingerprint density at radius 3 is 2.19 bits per heavy atom. The highest BCUT2D eigenvalue weighted by atomic mass is 16.5. The summed E-state index contributed by atoms with van der Waals surface area (Å²) in [5.74, 6) is 1.56. The highest BCUT2D eigenvalue weighted by molar-refractivity contribution is 5.43. The van der Waals surface area contributed by atoms with Crippen molar-refractivity contribution in [2.75, 3.05) is 13.7 Å². The first-order chi connectivity index (χ1) is 13.2. The van der Waals surface area contributed by atoms with E-state index < -0.39 is 0 Å². The molecular formula is C24H27NO2. The summed E-state index contributed by atoms with van der Waals surface area (Å²) in [6.45, 7) is 4.37. The van der Waals surface area contributed by atoms with E-state index in [0.29, 0.717) is 6.61 Å². The van der Waals surface area contributed by atoms with Gasteiger partial charge in [0.05, 0.1) is 13.7 Å². The minimum Gasteiger partial charge on any atom is -0.493 e. The van der Waals surface area contributed by atoms with Crippen LogP contribution in [0, 0.1) is 6.92 Å². The normalized spacial score (nSPS) is 10.6. The van der Waals surface area contributed by atoms with Crippen molar-refractivity contribution < 1.29 is 9.47 Å². The number of methoxy groups -OCH3 is 1. The van der Waals surface area contributed by atoms with E-state index in [-0.39, 0.29) is 0 Å². The molecule has 0 spiro atoms. The molecular weight excluding hydrogens is 334 g/mol. The molecule has 0 atom stereocenters. The first kappa shape index (κ1) is 19.0. The number of hydrogen-bond donors (Lipinski definition) is 1. The maximum absolute atomic E-state index is 5.93. The Kier molecular flexibility index (Phi) is 6.89. The summed E-state index contributed by atoms with van der Waals surface area (Å²) < 4.78 is 11.4.